The molecule has 416 valence electrons. The lowest BCUT2D eigenvalue weighted by Crippen LogP contribution is -2.61. The maximum Gasteiger partial charge on any atom is 0.243 e. The van der Waals surface area contributed by atoms with E-state index < -0.39 is 5.41 Å². The predicted molar refractivity (Wildman–Crippen MR) is 335 cm³/mol. The molecule has 6 aromatic rings. The molecule has 3 saturated heterocycles. The zero-order valence-corrected chi connectivity index (χ0v) is 52.1. The van der Waals surface area contributed by atoms with Gasteiger partial charge in [-0.1, -0.05) is 120 Å². The summed E-state index contributed by atoms with van der Waals surface area (Å²) in [4.78, 5) is 40.5. The van der Waals surface area contributed by atoms with E-state index in [2.05, 4.69) is 203 Å². The Morgan fingerprint density at radius 3 is 0.744 bits per heavy atom. The largest absolute Gasteiger partial charge is 0.353 e. The number of aryl methyl sites for hydroxylation is 18. The fraction of sp³-hybridized carbons (Fsp3) is 0.457. The van der Waals surface area contributed by atoms with Gasteiger partial charge in [-0.3, -0.25) is 19.4 Å². The molecular weight excluding hydrogens is 957 g/mol. The van der Waals surface area contributed by atoms with Gasteiger partial charge < -0.3 is 19.6 Å². The number of hydrogen-bond donors (Lipinski definition) is 0. The number of carbonyl (C=O) groups is 2. The Morgan fingerprint density at radius 2 is 0.500 bits per heavy atom. The number of anilines is 6. The second kappa shape index (κ2) is 23.0. The van der Waals surface area contributed by atoms with Gasteiger partial charge in [0.2, 0.25) is 11.8 Å². The van der Waals surface area contributed by atoms with Crippen molar-refractivity contribution in [3.63, 3.8) is 0 Å². The first-order valence-corrected chi connectivity index (χ1v) is 28.5. The molecule has 78 heavy (non-hydrogen) atoms. The fourth-order valence-electron chi connectivity index (χ4n) is 14.1. The summed E-state index contributed by atoms with van der Waals surface area (Å²) in [7, 11) is 0. The fourth-order valence-corrected chi connectivity index (χ4v) is 14.1. The van der Waals surface area contributed by atoms with Crippen LogP contribution in [0.25, 0.3) is 0 Å². The number of rotatable bonds is 6. The summed E-state index contributed by atoms with van der Waals surface area (Å²) < 4.78 is 0. The Hall–Kier alpha value is -6.54. The molecule has 8 heteroatoms. The van der Waals surface area contributed by atoms with Gasteiger partial charge in [0.15, 0.2) is 0 Å². The molecular formula is C70H94N6O2. The molecule has 3 fully saturated rings. The van der Waals surface area contributed by atoms with Gasteiger partial charge in [0.25, 0.3) is 0 Å². The minimum absolute atomic E-state index is 0.147. The van der Waals surface area contributed by atoms with Gasteiger partial charge in [-0.05, 0) is 217 Å². The van der Waals surface area contributed by atoms with Crippen molar-refractivity contribution in [2.24, 2.45) is 10.8 Å². The average molecular weight is 1050 g/mol. The molecule has 2 amide bonds. The van der Waals surface area contributed by atoms with Crippen LogP contribution in [-0.2, 0) is 9.59 Å². The highest BCUT2D eigenvalue weighted by atomic mass is 16.2. The van der Waals surface area contributed by atoms with Crippen molar-refractivity contribution in [3.8, 4) is 0 Å². The van der Waals surface area contributed by atoms with E-state index >= 15 is 0 Å². The highest BCUT2D eigenvalue weighted by Crippen LogP contribution is 2.41. The van der Waals surface area contributed by atoms with Crippen molar-refractivity contribution in [1.29, 1.82) is 0 Å². The molecule has 0 spiro atoms. The first-order chi connectivity index (χ1) is 36.4. The zero-order chi connectivity index (χ0) is 57.6. The maximum absolute atomic E-state index is 13.3. The smallest absolute Gasteiger partial charge is 0.243 e. The van der Waals surface area contributed by atoms with Crippen molar-refractivity contribution >= 4 is 45.9 Å². The first-order valence-electron chi connectivity index (χ1n) is 28.5. The Morgan fingerprint density at radius 1 is 0.295 bits per heavy atom. The van der Waals surface area contributed by atoms with Crippen molar-refractivity contribution < 1.29 is 9.59 Å². The van der Waals surface area contributed by atoms with Crippen molar-refractivity contribution in [3.05, 3.63) is 173 Å². The predicted octanol–water partition coefficient (Wildman–Crippen LogP) is 16.0. The standard InChI is InChI=1S/C24H30N2O2.C24H34N2.C22H30N2/c1-14-9-16(3)20(17(4)10-14)25-13-26(23(28)24(7,8)22(25)27)21-18(5)11-15(2)12-19(21)6;1-16-9-18(3)22(19(4)10-16)25-13-24(7,8)14-26(15-25)23-20(5)11-17(2)12-21(23)6;1-15-10-17(3)21(18(4)11-15)23-8-7-9-24(14-23)22-19(5)12-16(2)13-20(22)6/h9-12H,13H2,1-8H3;9-12H,13-15H2,1-8H3;10-13H,7-9,14H2,1-6H3. The Kier molecular flexibility index (Phi) is 17.5. The van der Waals surface area contributed by atoms with Crippen LogP contribution >= 0.6 is 0 Å². The van der Waals surface area contributed by atoms with E-state index in [9.17, 15) is 9.59 Å². The number of nitrogens with zero attached hydrogens (tertiary/aromatic N) is 6. The molecule has 0 bridgehead atoms. The third kappa shape index (κ3) is 12.5. The van der Waals surface area contributed by atoms with Crippen LogP contribution in [0, 0.1) is 135 Å². The van der Waals surface area contributed by atoms with E-state index in [4.69, 9.17) is 0 Å². The van der Waals surface area contributed by atoms with Crippen LogP contribution in [0.5, 0.6) is 0 Å². The number of carbonyl (C=O) groups excluding carboxylic acids is 2. The van der Waals surface area contributed by atoms with E-state index in [0.29, 0.717) is 0 Å². The van der Waals surface area contributed by atoms with Crippen LogP contribution in [0.3, 0.4) is 0 Å². The number of hydrogen-bond acceptors (Lipinski definition) is 6. The summed E-state index contributed by atoms with van der Waals surface area (Å²) in [6, 6.07) is 26.9. The van der Waals surface area contributed by atoms with Crippen LogP contribution < -0.4 is 29.4 Å². The first kappa shape index (κ1) is 59.1. The molecule has 3 aliphatic rings. The highest BCUT2D eigenvalue weighted by Gasteiger charge is 2.49. The van der Waals surface area contributed by atoms with Gasteiger partial charge in [0.05, 0.1) is 24.7 Å². The van der Waals surface area contributed by atoms with Crippen molar-refractivity contribution in [2.45, 2.75) is 159 Å². The third-order valence-corrected chi connectivity index (χ3v) is 16.2. The van der Waals surface area contributed by atoms with E-state index in [1.54, 1.807) is 23.6 Å². The minimum Gasteiger partial charge on any atom is -0.353 e. The van der Waals surface area contributed by atoms with Gasteiger partial charge in [0.1, 0.15) is 12.1 Å². The van der Waals surface area contributed by atoms with Crippen LogP contribution in [-0.4, -0.2) is 58.0 Å². The quantitative estimate of drug-likeness (QED) is 0.155. The molecule has 9 rings (SSSR count). The Balaban J connectivity index is 0.000000170. The molecule has 0 unspecified atom stereocenters. The number of benzene rings is 6. The SMILES string of the molecule is Cc1cc(C)c(N2CCCN(c3c(C)cc(C)cc3C)C2)c(C)c1.Cc1cc(C)c(N2CN(c3c(C)cc(C)cc3C)C(=O)C(C)(C)C2=O)c(C)c1.Cc1cc(C)c(N2CN(c3c(C)cc(C)cc3C)CC(C)(C)C2)c(C)c1. The Labute approximate surface area is 471 Å². The topological polar surface area (TPSA) is 53.6 Å². The van der Waals surface area contributed by atoms with Gasteiger partial charge >= 0.3 is 0 Å². The molecule has 3 aliphatic heterocycles. The summed E-state index contributed by atoms with van der Waals surface area (Å²) >= 11 is 0. The van der Waals surface area contributed by atoms with Crippen LogP contribution in [0.1, 0.15) is 134 Å². The second-order valence-corrected chi connectivity index (χ2v) is 25.4. The normalized spacial score (nSPS) is 16.3. The van der Waals surface area contributed by atoms with E-state index in [-0.39, 0.29) is 23.9 Å². The molecule has 0 radical (unpaired) electrons. The second-order valence-electron chi connectivity index (χ2n) is 25.4. The minimum atomic E-state index is -1.12. The third-order valence-electron chi connectivity index (χ3n) is 16.2. The monoisotopic (exact) mass is 1050 g/mol. The summed E-state index contributed by atoms with van der Waals surface area (Å²) in [5, 5.41) is 0. The molecule has 0 aromatic heterocycles. The summed E-state index contributed by atoms with van der Waals surface area (Å²) in [5.74, 6) is -0.294. The highest BCUT2D eigenvalue weighted by molar-refractivity contribution is 6.19. The van der Waals surface area contributed by atoms with E-state index in [1.807, 2.05) is 27.7 Å². The molecule has 0 aliphatic carbocycles. The average Bonchev–Trinajstić information content (AvgIpc) is 3.28. The van der Waals surface area contributed by atoms with Gasteiger partial charge in [-0.15, -0.1) is 0 Å². The maximum atomic E-state index is 13.3. The molecule has 6 aromatic carbocycles. The lowest BCUT2D eigenvalue weighted by atomic mass is 9.86. The summed E-state index contributed by atoms with van der Waals surface area (Å²) in [5.41, 5.74) is 29.7. The van der Waals surface area contributed by atoms with Gasteiger partial charge in [-0.2, -0.15) is 0 Å². The van der Waals surface area contributed by atoms with E-state index in [0.717, 1.165) is 73.1 Å². The number of amides is 2. The Bertz CT molecular complexity index is 2920. The zero-order valence-electron chi connectivity index (χ0n) is 52.1. The van der Waals surface area contributed by atoms with Crippen molar-refractivity contribution in [2.75, 3.05) is 75.6 Å². The molecule has 3 heterocycles. The lowest BCUT2D eigenvalue weighted by Gasteiger charge is -2.48. The molecule has 0 N–H and O–H groups in total. The summed E-state index contributed by atoms with van der Waals surface area (Å²) in [6.07, 6.45) is 1.21. The van der Waals surface area contributed by atoms with Gasteiger partial charge in [-0.25, -0.2) is 0 Å². The summed E-state index contributed by atoms with van der Waals surface area (Å²) in [6.45, 7) is 53.9. The molecule has 0 saturated carbocycles. The molecule has 8 nitrogen and oxygen atoms in total. The van der Waals surface area contributed by atoms with Crippen LogP contribution in [0.4, 0.5) is 34.1 Å². The molecule has 0 atom stereocenters. The lowest BCUT2D eigenvalue weighted by molar-refractivity contribution is -0.140. The van der Waals surface area contributed by atoms with Crippen LogP contribution in [0.2, 0.25) is 0 Å². The van der Waals surface area contributed by atoms with Crippen LogP contribution in [0.15, 0.2) is 72.8 Å². The van der Waals surface area contributed by atoms with Gasteiger partial charge in [0, 0.05) is 48.9 Å². The van der Waals surface area contributed by atoms with Crippen molar-refractivity contribution in [1.82, 2.24) is 0 Å². The van der Waals surface area contributed by atoms with E-state index in [1.165, 1.54) is 107 Å².